The molecule has 0 saturated heterocycles. The number of hydrogen-bond donors (Lipinski definition) is 0. The maximum absolute atomic E-state index is 12.9. The first-order valence-corrected chi connectivity index (χ1v) is 5.18. The van der Waals surface area contributed by atoms with Crippen LogP contribution in [0.5, 0.6) is 5.75 Å². The van der Waals surface area contributed by atoms with Crippen molar-refractivity contribution in [1.29, 1.82) is 0 Å². The Hall–Kier alpha value is -2.37. The minimum absolute atomic E-state index is 0.0559. The number of aryl methyl sites for hydroxylation is 1. The highest BCUT2D eigenvalue weighted by Crippen LogP contribution is 2.21. The van der Waals surface area contributed by atoms with Crippen LogP contribution in [-0.2, 0) is 6.61 Å². The number of nitrogens with zero attached hydrogens (tertiary/aromatic N) is 1. The molecule has 0 atom stereocenters. The topological polar surface area (TPSA) is 65.5 Å². The van der Waals surface area contributed by atoms with E-state index in [4.69, 9.17) is 9.15 Å². The monoisotopic (exact) mass is 251 g/mol. The molecule has 2 aromatic rings. The molecule has 94 valence electrons. The summed E-state index contributed by atoms with van der Waals surface area (Å²) in [4.78, 5) is 9.79. The van der Waals surface area contributed by atoms with Crippen LogP contribution in [0.1, 0.15) is 11.3 Å². The van der Waals surface area contributed by atoms with Gasteiger partial charge in [-0.1, -0.05) is 0 Å². The zero-order valence-corrected chi connectivity index (χ0v) is 9.55. The Labute approximate surface area is 102 Å². The van der Waals surface area contributed by atoms with Gasteiger partial charge in [0.1, 0.15) is 28.9 Å². The summed E-state index contributed by atoms with van der Waals surface area (Å²) >= 11 is 0. The van der Waals surface area contributed by atoms with E-state index in [0.717, 1.165) is 0 Å². The molecule has 0 amide bonds. The van der Waals surface area contributed by atoms with Gasteiger partial charge in [0.25, 0.3) is 0 Å². The minimum Gasteiger partial charge on any atom is -0.485 e. The molecule has 18 heavy (non-hydrogen) atoms. The average molecular weight is 251 g/mol. The van der Waals surface area contributed by atoms with Gasteiger partial charge in [-0.25, -0.2) is 4.39 Å². The number of ether oxygens (including phenoxy) is 1. The van der Waals surface area contributed by atoms with Gasteiger partial charge in [-0.15, -0.1) is 0 Å². The smallest absolute Gasteiger partial charge is 0.433 e. The standard InChI is InChI=1S/C12H10FNO4/c1-8-6-9(13)2-4-11(8)17-7-10-3-5-12(18-10)14(15)16/h2-6H,7H2,1H3. The van der Waals surface area contributed by atoms with Crippen LogP contribution in [0.3, 0.4) is 0 Å². The van der Waals surface area contributed by atoms with Crippen molar-refractivity contribution >= 4 is 5.88 Å². The third kappa shape index (κ3) is 2.65. The first-order chi connectivity index (χ1) is 8.56. The Kier molecular flexibility index (Phi) is 3.27. The predicted molar refractivity (Wildman–Crippen MR) is 60.8 cm³/mol. The van der Waals surface area contributed by atoms with Crippen LogP contribution in [0, 0.1) is 22.9 Å². The lowest BCUT2D eigenvalue weighted by molar-refractivity contribution is -0.402. The Balaban J connectivity index is 2.04. The largest absolute Gasteiger partial charge is 0.485 e. The summed E-state index contributed by atoms with van der Waals surface area (Å²) in [6, 6.07) is 6.86. The molecule has 6 heteroatoms. The minimum atomic E-state index is -0.618. The lowest BCUT2D eigenvalue weighted by Crippen LogP contribution is -1.96. The van der Waals surface area contributed by atoms with E-state index in [1.807, 2.05) is 0 Å². The summed E-state index contributed by atoms with van der Waals surface area (Å²) < 4.78 is 23.2. The van der Waals surface area contributed by atoms with Crippen molar-refractivity contribution in [2.24, 2.45) is 0 Å². The average Bonchev–Trinajstić information content (AvgIpc) is 2.76. The molecular formula is C12H10FNO4. The van der Waals surface area contributed by atoms with E-state index in [2.05, 4.69) is 0 Å². The molecule has 2 rings (SSSR count). The highest BCUT2D eigenvalue weighted by Gasteiger charge is 2.12. The van der Waals surface area contributed by atoms with Gasteiger partial charge >= 0.3 is 5.88 Å². The van der Waals surface area contributed by atoms with E-state index in [-0.39, 0.29) is 18.3 Å². The molecule has 0 aliphatic carbocycles. The molecule has 0 spiro atoms. The summed E-state index contributed by atoms with van der Waals surface area (Å²) in [6.45, 7) is 1.77. The second-order valence-electron chi connectivity index (χ2n) is 3.70. The van der Waals surface area contributed by atoms with Gasteiger partial charge in [-0.05, 0) is 36.8 Å². The van der Waals surface area contributed by atoms with Crippen LogP contribution in [0.2, 0.25) is 0 Å². The third-order valence-electron chi connectivity index (χ3n) is 2.33. The van der Waals surface area contributed by atoms with Gasteiger partial charge in [-0.2, -0.15) is 0 Å². The molecule has 0 bridgehead atoms. The molecule has 0 aliphatic heterocycles. The first-order valence-electron chi connectivity index (χ1n) is 5.18. The third-order valence-corrected chi connectivity index (χ3v) is 2.33. The van der Waals surface area contributed by atoms with Crippen molar-refractivity contribution in [3.05, 3.63) is 57.6 Å². The SMILES string of the molecule is Cc1cc(F)ccc1OCc1ccc([N+](=O)[O-])o1. The van der Waals surface area contributed by atoms with E-state index in [9.17, 15) is 14.5 Å². The molecule has 0 unspecified atom stereocenters. The van der Waals surface area contributed by atoms with Crippen LogP contribution >= 0.6 is 0 Å². The lowest BCUT2D eigenvalue weighted by Gasteiger charge is -2.06. The van der Waals surface area contributed by atoms with Gasteiger partial charge in [-0.3, -0.25) is 10.1 Å². The Morgan fingerprint density at radius 3 is 2.78 bits per heavy atom. The van der Waals surface area contributed by atoms with E-state index in [1.165, 1.54) is 30.3 Å². The number of benzene rings is 1. The van der Waals surface area contributed by atoms with Crippen molar-refractivity contribution in [2.75, 3.05) is 0 Å². The van der Waals surface area contributed by atoms with Crippen molar-refractivity contribution in [3.8, 4) is 5.75 Å². The van der Waals surface area contributed by atoms with E-state index >= 15 is 0 Å². The van der Waals surface area contributed by atoms with Crippen molar-refractivity contribution < 1.29 is 18.5 Å². The van der Waals surface area contributed by atoms with Gasteiger partial charge < -0.3 is 9.15 Å². The zero-order chi connectivity index (χ0) is 13.1. The first kappa shape index (κ1) is 12.1. The Morgan fingerprint density at radius 1 is 1.39 bits per heavy atom. The number of nitro groups is 1. The highest BCUT2D eigenvalue weighted by atomic mass is 19.1. The number of halogens is 1. The molecule has 1 aromatic carbocycles. The lowest BCUT2D eigenvalue weighted by atomic mass is 10.2. The summed E-state index contributed by atoms with van der Waals surface area (Å²) in [6.07, 6.45) is 0. The van der Waals surface area contributed by atoms with E-state index in [0.29, 0.717) is 17.1 Å². The van der Waals surface area contributed by atoms with Crippen molar-refractivity contribution in [1.82, 2.24) is 0 Å². The second-order valence-corrected chi connectivity index (χ2v) is 3.70. The Bertz CT molecular complexity index is 579. The maximum atomic E-state index is 12.9. The summed E-state index contributed by atoms with van der Waals surface area (Å²) in [5.74, 6) is 0.179. The molecular weight excluding hydrogens is 241 g/mol. The normalized spacial score (nSPS) is 10.3. The summed E-state index contributed by atoms with van der Waals surface area (Å²) in [5, 5.41) is 10.4. The van der Waals surface area contributed by atoms with Gasteiger partial charge in [0, 0.05) is 0 Å². The molecule has 0 N–H and O–H groups in total. The molecule has 0 aliphatic rings. The van der Waals surface area contributed by atoms with Crippen LogP contribution < -0.4 is 4.74 Å². The van der Waals surface area contributed by atoms with Crippen LogP contribution in [0.4, 0.5) is 10.3 Å². The quantitative estimate of drug-likeness (QED) is 0.618. The Morgan fingerprint density at radius 2 is 2.17 bits per heavy atom. The molecule has 1 heterocycles. The highest BCUT2D eigenvalue weighted by molar-refractivity contribution is 5.32. The molecule has 5 nitrogen and oxygen atoms in total. The summed E-state index contributed by atoms with van der Waals surface area (Å²) in [7, 11) is 0. The number of hydrogen-bond acceptors (Lipinski definition) is 4. The van der Waals surface area contributed by atoms with Crippen LogP contribution in [-0.4, -0.2) is 4.92 Å². The molecule has 0 radical (unpaired) electrons. The van der Waals surface area contributed by atoms with E-state index in [1.54, 1.807) is 6.92 Å². The second kappa shape index (κ2) is 4.87. The van der Waals surface area contributed by atoms with Crippen LogP contribution in [0.15, 0.2) is 34.7 Å². The van der Waals surface area contributed by atoms with Crippen molar-refractivity contribution in [2.45, 2.75) is 13.5 Å². The van der Waals surface area contributed by atoms with E-state index < -0.39 is 4.92 Å². The zero-order valence-electron chi connectivity index (χ0n) is 9.55. The fraction of sp³-hybridized carbons (Fsp3) is 0.167. The van der Waals surface area contributed by atoms with Gasteiger partial charge in [0.05, 0.1) is 6.07 Å². The summed E-state index contributed by atoms with van der Waals surface area (Å²) in [5.41, 5.74) is 0.649. The van der Waals surface area contributed by atoms with Crippen LogP contribution in [0.25, 0.3) is 0 Å². The van der Waals surface area contributed by atoms with Gasteiger partial charge in [0.2, 0.25) is 0 Å². The van der Waals surface area contributed by atoms with Crippen molar-refractivity contribution in [3.63, 3.8) is 0 Å². The predicted octanol–water partition coefficient (Wildman–Crippen LogP) is 3.21. The van der Waals surface area contributed by atoms with Gasteiger partial charge in [0.15, 0.2) is 0 Å². The number of furan rings is 1. The molecule has 1 aromatic heterocycles. The maximum Gasteiger partial charge on any atom is 0.433 e. The number of rotatable bonds is 4. The fourth-order valence-electron chi connectivity index (χ4n) is 1.47. The molecule has 0 fully saturated rings. The molecule has 0 saturated carbocycles. The fourth-order valence-corrected chi connectivity index (χ4v) is 1.47.